The molecule has 0 fully saturated rings. The van der Waals surface area contributed by atoms with E-state index in [0.29, 0.717) is 0 Å². The molecule has 11 nitrogen and oxygen atoms in total. The molecule has 0 amide bonds. The maximum atomic E-state index is 8.85. The van der Waals surface area contributed by atoms with Gasteiger partial charge < -0.3 is 5.21 Å². The monoisotopic (exact) mass is 327 g/mol. The Morgan fingerprint density at radius 1 is 1.23 bits per heavy atom. The van der Waals surface area contributed by atoms with E-state index < -0.39 is 37.2 Å². The molecular formula is H4MoNO10V. The van der Waals surface area contributed by atoms with Gasteiger partial charge in [-0.3, -0.25) is 0 Å². The van der Waals surface area contributed by atoms with Crippen molar-refractivity contribution in [2.24, 2.45) is 0 Å². The van der Waals surface area contributed by atoms with Gasteiger partial charge in [0.25, 0.3) is 5.09 Å². The van der Waals surface area contributed by atoms with E-state index in [0.717, 1.165) is 0 Å². The summed E-state index contributed by atoms with van der Waals surface area (Å²) < 4.78 is 56.4. The van der Waals surface area contributed by atoms with Crippen molar-refractivity contribution >= 4 is 0 Å². The molecule has 13 heteroatoms. The Bertz CT molecular complexity index is 262. The Morgan fingerprint density at radius 3 is 1.23 bits per heavy atom. The second-order valence-corrected chi connectivity index (χ2v) is 3.87. The third-order valence-electron chi connectivity index (χ3n) is 0. The van der Waals surface area contributed by atoms with Gasteiger partial charge in [0.05, 0.1) is 0 Å². The van der Waals surface area contributed by atoms with Crippen molar-refractivity contribution < 1.29 is 68.1 Å². The van der Waals surface area contributed by atoms with Gasteiger partial charge >= 0.3 is 57.8 Å². The molecule has 0 aromatic heterocycles. The Kier molecular flexibility index (Phi) is 13.6. The molecule has 0 saturated heterocycles. The van der Waals surface area contributed by atoms with Crippen molar-refractivity contribution in [1.29, 1.82) is 0 Å². The zero-order valence-corrected chi connectivity index (χ0v) is 8.94. The zero-order valence-electron chi connectivity index (χ0n) is 5.54. The topological polar surface area (TPSA) is 192 Å². The third kappa shape index (κ3) is 5270. The number of nitrogens with zero attached hydrogens (tertiary/aromatic N) is 1. The van der Waals surface area contributed by atoms with E-state index in [2.05, 4.69) is 0 Å². The van der Waals surface area contributed by atoms with Gasteiger partial charge in [-0.2, -0.15) is 0 Å². The van der Waals surface area contributed by atoms with Crippen LogP contribution < -0.4 is 0 Å². The van der Waals surface area contributed by atoms with E-state index in [9.17, 15) is 0 Å². The third-order valence-corrected chi connectivity index (χ3v) is 0. The van der Waals surface area contributed by atoms with Crippen molar-refractivity contribution in [3.05, 3.63) is 10.1 Å². The molecule has 0 aliphatic heterocycles. The predicted octanol–water partition coefficient (Wildman–Crippen LogP) is -2.50. The molecule has 0 radical (unpaired) electrons. The first kappa shape index (κ1) is 18.4. The zero-order chi connectivity index (χ0) is 11.7. The summed E-state index contributed by atoms with van der Waals surface area (Å²) in [5, 5.41) is 13.6. The minimum atomic E-state index is -5.52. The minimum absolute atomic E-state index is 1.50. The van der Waals surface area contributed by atoms with Crippen molar-refractivity contribution in [3.63, 3.8) is 0 Å². The van der Waals surface area contributed by atoms with Crippen LogP contribution in [0.3, 0.4) is 0 Å². The first-order valence-corrected chi connectivity index (χ1v) is 7.03. The number of hydrogen-bond donors (Lipinski definition) is 4. The Labute approximate surface area is 78.4 Å². The molecule has 0 saturated carbocycles. The van der Waals surface area contributed by atoms with Gasteiger partial charge in [-0.05, 0) is 0 Å². The summed E-state index contributed by atoms with van der Waals surface area (Å²) in [6, 6.07) is 0. The molecule has 0 aromatic rings. The van der Waals surface area contributed by atoms with Crippen LogP contribution in [-0.4, -0.2) is 21.8 Å². The van der Waals surface area contributed by atoms with E-state index in [1.807, 2.05) is 0 Å². The predicted molar refractivity (Wildman–Crippen MR) is 18.2 cm³/mol. The van der Waals surface area contributed by atoms with Gasteiger partial charge in [0.15, 0.2) is 0 Å². The summed E-state index contributed by atoms with van der Waals surface area (Å²) in [6.45, 7) is 0. The van der Waals surface area contributed by atoms with E-state index >= 15 is 0 Å². The Hall–Kier alpha value is -0.447. The van der Waals surface area contributed by atoms with Crippen LogP contribution in [0.25, 0.3) is 0 Å². The molecule has 13 heavy (non-hydrogen) atoms. The van der Waals surface area contributed by atoms with Crippen LogP contribution in [0.15, 0.2) is 0 Å². The molecule has 0 spiro atoms. The summed E-state index contributed by atoms with van der Waals surface area (Å²) in [6.07, 6.45) is 0. The van der Waals surface area contributed by atoms with Crippen LogP contribution in [0, 0.1) is 10.1 Å². The standard InChI is InChI=1S/Mo.HNO3.3H2O.4O.V/c;2-1(3)4;;;;;;;;/h;(H,2,3,4);3*1H2;;;;;/q+2;;;;;;;;;+1/p-3. The van der Waals surface area contributed by atoms with Gasteiger partial charge in [0.2, 0.25) is 0 Å². The summed E-state index contributed by atoms with van der Waals surface area (Å²) in [4.78, 5) is 8.36. The fraction of sp³-hybridized carbons (Fsp3) is 0. The second kappa shape index (κ2) is 9.64. The van der Waals surface area contributed by atoms with Gasteiger partial charge in [0.1, 0.15) is 0 Å². The molecule has 0 aromatic carbocycles. The quantitative estimate of drug-likeness (QED) is 0.210. The fourth-order valence-corrected chi connectivity index (χ4v) is 0. The molecule has 0 heterocycles. The fourth-order valence-electron chi connectivity index (χ4n) is 0. The molecule has 80 valence electrons. The first-order chi connectivity index (χ1) is 5.46. The van der Waals surface area contributed by atoms with E-state index in [4.69, 9.17) is 41.0 Å². The van der Waals surface area contributed by atoms with Crippen LogP contribution in [0.5, 0.6) is 0 Å². The van der Waals surface area contributed by atoms with E-state index in [1.54, 1.807) is 0 Å². The van der Waals surface area contributed by atoms with Gasteiger partial charge in [-0.25, -0.2) is 0 Å². The van der Waals surface area contributed by atoms with Crippen LogP contribution >= 0.6 is 0 Å². The summed E-state index contributed by atoms with van der Waals surface area (Å²) in [5.41, 5.74) is 0. The Morgan fingerprint density at radius 2 is 1.23 bits per heavy atom. The van der Waals surface area contributed by atoms with Crippen molar-refractivity contribution in [2.45, 2.75) is 0 Å². The summed E-state index contributed by atoms with van der Waals surface area (Å²) in [5.74, 6) is 0. The normalized spacial score (nSPS) is 8.23. The van der Waals surface area contributed by atoms with Gasteiger partial charge in [-0.1, -0.05) is 0 Å². The molecule has 0 rings (SSSR count). The van der Waals surface area contributed by atoms with Crippen LogP contribution in [0.2, 0.25) is 0 Å². The molecule has 0 unspecified atom stereocenters. The SMILES string of the molecule is O=[N+]([O-])O.[O]=[Mo](=[O])([OH])[OH].[O]=[V](=[O])[OH]. The average Bonchev–Trinajstić information content (AvgIpc) is 1.50. The molecular weight excluding hydrogens is 321 g/mol. The second-order valence-electron chi connectivity index (χ2n) is 0.924. The summed E-state index contributed by atoms with van der Waals surface area (Å²) >= 11 is -9.21. The first-order valence-electron chi connectivity index (χ1n) is 1.83. The van der Waals surface area contributed by atoms with E-state index in [1.165, 1.54) is 0 Å². The average molecular weight is 325 g/mol. The van der Waals surface area contributed by atoms with Gasteiger partial charge in [0, 0.05) is 0 Å². The number of hydrogen-bond acceptors (Lipinski definition) is 6. The van der Waals surface area contributed by atoms with Crippen LogP contribution in [0.4, 0.5) is 0 Å². The van der Waals surface area contributed by atoms with Crippen LogP contribution in [0.1, 0.15) is 0 Å². The maximum absolute atomic E-state index is 8.85. The molecule has 4 N–H and O–H groups in total. The molecule has 0 bridgehead atoms. The molecule has 0 aliphatic carbocycles. The summed E-state index contributed by atoms with van der Waals surface area (Å²) in [7, 11) is 0. The van der Waals surface area contributed by atoms with Crippen molar-refractivity contribution in [1.82, 2.24) is 0 Å². The Balaban J connectivity index is -0.000000117. The van der Waals surface area contributed by atoms with Crippen molar-refractivity contribution in [3.8, 4) is 0 Å². The van der Waals surface area contributed by atoms with Crippen LogP contribution in [-0.2, 0) is 46.3 Å². The van der Waals surface area contributed by atoms with Crippen molar-refractivity contribution in [2.75, 3.05) is 0 Å². The molecule has 0 aliphatic rings. The molecule has 0 atom stereocenters. The van der Waals surface area contributed by atoms with E-state index in [-0.39, 0.29) is 0 Å². The number of rotatable bonds is 0. The van der Waals surface area contributed by atoms with Gasteiger partial charge in [-0.15, -0.1) is 10.1 Å².